The molecular weight excluding hydrogens is 318 g/mol. The molecule has 0 spiro atoms. The van der Waals surface area contributed by atoms with E-state index in [2.05, 4.69) is 38.2 Å². The summed E-state index contributed by atoms with van der Waals surface area (Å²) in [6, 6.07) is 16.0. The van der Waals surface area contributed by atoms with Crippen LogP contribution in [0.5, 0.6) is 5.75 Å². The summed E-state index contributed by atoms with van der Waals surface area (Å²) in [6.45, 7) is 6.93. The molecule has 0 unspecified atom stereocenters. The molecule has 24 heavy (non-hydrogen) atoms. The van der Waals surface area contributed by atoms with Gasteiger partial charge in [0.05, 0.1) is 0 Å². The van der Waals surface area contributed by atoms with Crippen LogP contribution in [-0.2, 0) is 16.8 Å². The number of benzene rings is 2. The molecule has 0 bridgehead atoms. The average molecular weight is 343 g/mol. The first-order chi connectivity index (χ1) is 11.4. The fourth-order valence-corrected chi connectivity index (χ4v) is 2.76. The largest absolute Gasteiger partial charge is 0.483 e. The zero-order valence-corrected chi connectivity index (χ0v) is 15.6. The predicted octanol–water partition coefficient (Wildman–Crippen LogP) is 4.40. The minimum atomic E-state index is -0.118. The van der Waals surface area contributed by atoms with E-state index >= 15 is 0 Å². The van der Waals surface area contributed by atoms with E-state index < -0.39 is 0 Å². The van der Waals surface area contributed by atoms with Crippen molar-refractivity contribution in [2.24, 2.45) is 0 Å². The first-order valence-corrected chi connectivity index (χ1v) is 9.24. The van der Waals surface area contributed by atoms with Crippen LogP contribution in [0, 0.1) is 0 Å². The van der Waals surface area contributed by atoms with Gasteiger partial charge in [-0.2, -0.15) is 0 Å². The smallest absolute Gasteiger partial charge is 0.258 e. The molecule has 2 aromatic rings. The van der Waals surface area contributed by atoms with Crippen LogP contribution in [0.25, 0.3) is 0 Å². The van der Waals surface area contributed by atoms with Crippen LogP contribution in [-0.4, -0.2) is 18.8 Å². The quantitative estimate of drug-likeness (QED) is 0.790. The van der Waals surface area contributed by atoms with Gasteiger partial charge in [0.1, 0.15) is 5.75 Å². The van der Waals surface area contributed by atoms with Crippen LogP contribution < -0.4 is 10.1 Å². The SMILES string of the molecule is CSc1ccc(CNC(=O)COc2ccccc2C(C)(C)C)cc1. The maximum Gasteiger partial charge on any atom is 0.258 e. The van der Waals surface area contributed by atoms with Crippen molar-refractivity contribution >= 4 is 17.7 Å². The number of amides is 1. The second kappa shape index (κ2) is 8.25. The van der Waals surface area contributed by atoms with Gasteiger partial charge in [-0.3, -0.25) is 4.79 Å². The zero-order chi connectivity index (χ0) is 17.6. The van der Waals surface area contributed by atoms with Crippen LogP contribution in [0.15, 0.2) is 53.4 Å². The van der Waals surface area contributed by atoms with Crippen LogP contribution in [0.4, 0.5) is 0 Å². The molecule has 2 aromatic carbocycles. The van der Waals surface area contributed by atoms with Crippen LogP contribution in [0.2, 0.25) is 0 Å². The molecule has 0 radical (unpaired) electrons. The van der Waals surface area contributed by atoms with Crippen LogP contribution in [0.1, 0.15) is 31.9 Å². The van der Waals surface area contributed by atoms with Gasteiger partial charge >= 0.3 is 0 Å². The summed E-state index contributed by atoms with van der Waals surface area (Å²) in [6.07, 6.45) is 2.05. The molecule has 1 amide bonds. The highest BCUT2D eigenvalue weighted by Gasteiger charge is 2.18. The number of rotatable bonds is 6. The Morgan fingerprint density at radius 1 is 1.08 bits per heavy atom. The zero-order valence-electron chi connectivity index (χ0n) is 14.8. The van der Waals surface area contributed by atoms with E-state index in [0.717, 1.165) is 16.9 Å². The van der Waals surface area contributed by atoms with Gasteiger partial charge in [-0.25, -0.2) is 0 Å². The summed E-state index contributed by atoms with van der Waals surface area (Å²) in [5.41, 5.74) is 2.16. The average Bonchev–Trinajstić information content (AvgIpc) is 2.58. The third-order valence-corrected chi connectivity index (χ3v) is 4.45. The van der Waals surface area contributed by atoms with Crippen molar-refractivity contribution in [2.45, 2.75) is 37.6 Å². The van der Waals surface area contributed by atoms with Crippen LogP contribution in [0.3, 0.4) is 0 Å². The predicted molar refractivity (Wildman–Crippen MR) is 101 cm³/mol. The van der Waals surface area contributed by atoms with Gasteiger partial charge in [0.25, 0.3) is 5.91 Å². The second-order valence-corrected chi connectivity index (χ2v) is 7.54. The third-order valence-electron chi connectivity index (χ3n) is 3.70. The normalized spacial score (nSPS) is 11.2. The number of thioether (sulfide) groups is 1. The number of ether oxygens (including phenoxy) is 1. The molecule has 0 aliphatic rings. The van der Waals surface area contributed by atoms with Crippen molar-refractivity contribution in [3.05, 3.63) is 59.7 Å². The third kappa shape index (κ3) is 5.31. The van der Waals surface area contributed by atoms with E-state index in [4.69, 9.17) is 4.74 Å². The van der Waals surface area contributed by atoms with E-state index in [0.29, 0.717) is 6.54 Å². The van der Waals surface area contributed by atoms with Crippen molar-refractivity contribution in [2.75, 3.05) is 12.9 Å². The molecule has 0 aromatic heterocycles. The number of hydrogen-bond acceptors (Lipinski definition) is 3. The lowest BCUT2D eigenvalue weighted by Crippen LogP contribution is -2.28. The Balaban J connectivity index is 1.87. The molecule has 0 saturated carbocycles. The highest BCUT2D eigenvalue weighted by molar-refractivity contribution is 7.98. The maximum atomic E-state index is 12.0. The summed E-state index contributed by atoms with van der Waals surface area (Å²) < 4.78 is 5.74. The molecule has 0 aliphatic heterocycles. The lowest BCUT2D eigenvalue weighted by atomic mass is 9.86. The van der Waals surface area contributed by atoms with Crippen molar-refractivity contribution in [1.82, 2.24) is 5.32 Å². The molecular formula is C20H25NO2S. The fraction of sp³-hybridized carbons (Fsp3) is 0.350. The molecule has 0 aliphatic carbocycles. The van der Waals surface area contributed by atoms with E-state index in [-0.39, 0.29) is 17.9 Å². The van der Waals surface area contributed by atoms with Crippen molar-refractivity contribution in [3.8, 4) is 5.75 Å². The van der Waals surface area contributed by atoms with Crippen molar-refractivity contribution < 1.29 is 9.53 Å². The Hall–Kier alpha value is -1.94. The molecule has 0 saturated heterocycles. The van der Waals surface area contributed by atoms with E-state index in [1.165, 1.54) is 4.90 Å². The summed E-state index contributed by atoms with van der Waals surface area (Å²) in [5.74, 6) is 0.650. The molecule has 4 heteroatoms. The van der Waals surface area contributed by atoms with E-state index in [9.17, 15) is 4.79 Å². The van der Waals surface area contributed by atoms with Gasteiger partial charge in [-0.1, -0.05) is 51.1 Å². The minimum Gasteiger partial charge on any atom is -0.483 e. The maximum absolute atomic E-state index is 12.0. The minimum absolute atomic E-state index is 0.0217. The lowest BCUT2D eigenvalue weighted by Gasteiger charge is -2.22. The van der Waals surface area contributed by atoms with Gasteiger partial charge in [-0.15, -0.1) is 11.8 Å². The Morgan fingerprint density at radius 2 is 1.75 bits per heavy atom. The molecule has 2 rings (SSSR count). The fourth-order valence-electron chi connectivity index (χ4n) is 2.35. The topological polar surface area (TPSA) is 38.3 Å². The van der Waals surface area contributed by atoms with Gasteiger partial charge in [-0.05, 0) is 41.0 Å². The van der Waals surface area contributed by atoms with Gasteiger partial charge in [0.2, 0.25) is 0 Å². The molecule has 0 fully saturated rings. The monoisotopic (exact) mass is 343 g/mol. The van der Waals surface area contributed by atoms with Gasteiger partial charge in [0.15, 0.2) is 6.61 Å². The second-order valence-electron chi connectivity index (χ2n) is 6.66. The first kappa shape index (κ1) is 18.4. The highest BCUT2D eigenvalue weighted by atomic mass is 32.2. The lowest BCUT2D eigenvalue weighted by molar-refractivity contribution is -0.123. The molecule has 0 atom stereocenters. The number of nitrogens with one attached hydrogen (secondary N) is 1. The Labute approximate surface area is 148 Å². The Morgan fingerprint density at radius 3 is 2.38 bits per heavy atom. The summed E-state index contributed by atoms with van der Waals surface area (Å²) in [7, 11) is 0. The summed E-state index contributed by atoms with van der Waals surface area (Å²) in [5, 5.41) is 2.89. The Kier molecular flexibility index (Phi) is 6.32. The molecule has 1 N–H and O–H groups in total. The number of carbonyl (C=O) groups excluding carboxylic acids is 1. The summed E-state index contributed by atoms with van der Waals surface area (Å²) >= 11 is 1.70. The highest BCUT2D eigenvalue weighted by Crippen LogP contribution is 2.30. The van der Waals surface area contributed by atoms with E-state index in [1.807, 2.05) is 42.7 Å². The van der Waals surface area contributed by atoms with Gasteiger partial charge in [0, 0.05) is 11.4 Å². The number of hydrogen-bond donors (Lipinski definition) is 1. The van der Waals surface area contributed by atoms with Crippen LogP contribution >= 0.6 is 11.8 Å². The first-order valence-electron chi connectivity index (χ1n) is 8.02. The van der Waals surface area contributed by atoms with Crippen molar-refractivity contribution in [3.63, 3.8) is 0 Å². The van der Waals surface area contributed by atoms with E-state index in [1.54, 1.807) is 11.8 Å². The molecule has 128 valence electrons. The van der Waals surface area contributed by atoms with Gasteiger partial charge < -0.3 is 10.1 Å². The number of para-hydroxylation sites is 1. The number of carbonyl (C=O) groups is 1. The molecule has 3 nitrogen and oxygen atoms in total. The standard InChI is InChI=1S/C20H25NO2S/c1-20(2,3)17-7-5-6-8-18(17)23-14-19(22)21-13-15-9-11-16(24-4)12-10-15/h5-12H,13-14H2,1-4H3,(H,21,22). The molecule has 0 heterocycles. The summed E-state index contributed by atoms with van der Waals surface area (Å²) in [4.78, 5) is 13.2. The van der Waals surface area contributed by atoms with Crippen molar-refractivity contribution in [1.29, 1.82) is 0 Å². The Bertz CT molecular complexity index is 675.